The lowest BCUT2D eigenvalue weighted by molar-refractivity contribution is -0.147. The monoisotopic (exact) mass is 347 g/mol. The fourth-order valence-corrected chi connectivity index (χ4v) is 2.26. The molecule has 0 atom stereocenters. The molecule has 0 saturated heterocycles. The predicted molar refractivity (Wildman–Crippen MR) is 84.7 cm³/mol. The molecule has 1 N–H and O–H groups in total. The van der Waals surface area contributed by atoms with Gasteiger partial charge in [-0.2, -0.15) is 18.3 Å². The van der Waals surface area contributed by atoms with Crippen LogP contribution in [0.4, 0.5) is 13.2 Å². The van der Waals surface area contributed by atoms with Crippen molar-refractivity contribution in [2.45, 2.75) is 12.7 Å². The molecule has 128 valence electrons. The molecule has 1 aromatic carbocycles. The molecule has 0 unspecified atom stereocenters. The lowest BCUT2D eigenvalue weighted by Gasteiger charge is -2.10. The first-order valence-electron chi connectivity index (χ1n) is 7.19. The third-order valence-electron chi connectivity index (χ3n) is 3.30. The van der Waals surface area contributed by atoms with Gasteiger partial charge in [0, 0.05) is 18.0 Å². The molecule has 0 bridgehead atoms. The predicted octanol–water partition coefficient (Wildman–Crippen LogP) is 2.60. The van der Waals surface area contributed by atoms with Gasteiger partial charge in [0.1, 0.15) is 6.54 Å². The summed E-state index contributed by atoms with van der Waals surface area (Å²) in [5, 5.41) is 3.71. The van der Waals surface area contributed by atoms with Crippen molar-refractivity contribution in [3.8, 4) is 0 Å². The molecule has 25 heavy (non-hydrogen) atoms. The van der Waals surface area contributed by atoms with Gasteiger partial charge < -0.3 is 4.57 Å². The highest BCUT2D eigenvalue weighted by Gasteiger charge is 2.37. The Balaban J connectivity index is 1.80. The minimum Gasteiger partial charge on any atom is -0.311 e. The summed E-state index contributed by atoms with van der Waals surface area (Å²) in [4.78, 5) is 19.4. The average Bonchev–Trinajstić information content (AvgIpc) is 2.95. The number of fused-ring (bicyclic) bond motifs is 1. The van der Waals surface area contributed by atoms with E-state index in [2.05, 4.69) is 20.5 Å². The van der Waals surface area contributed by atoms with Crippen molar-refractivity contribution in [3.05, 3.63) is 60.2 Å². The van der Waals surface area contributed by atoms with E-state index in [1.54, 1.807) is 30.5 Å². The molecule has 0 spiro atoms. The van der Waals surface area contributed by atoms with Crippen LogP contribution in [0.5, 0.6) is 0 Å². The van der Waals surface area contributed by atoms with Gasteiger partial charge in [0.2, 0.25) is 5.82 Å². The zero-order valence-corrected chi connectivity index (χ0v) is 12.7. The largest absolute Gasteiger partial charge is 0.449 e. The highest BCUT2D eigenvalue weighted by Crippen LogP contribution is 2.31. The molecule has 3 aromatic rings. The van der Waals surface area contributed by atoms with E-state index in [0.29, 0.717) is 5.56 Å². The van der Waals surface area contributed by atoms with Crippen molar-refractivity contribution in [3.63, 3.8) is 0 Å². The molecule has 0 aliphatic carbocycles. The first-order valence-corrected chi connectivity index (χ1v) is 7.19. The second-order valence-corrected chi connectivity index (χ2v) is 5.09. The second-order valence-electron chi connectivity index (χ2n) is 5.09. The van der Waals surface area contributed by atoms with Gasteiger partial charge in [-0.3, -0.25) is 9.78 Å². The highest BCUT2D eigenvalue weighted by molar-refractivity contribution is 5.83. The van der Waals surface area contributed by atoms with Crippen LogP contribution in [0.2, 0.25) is 0 Å². The van der Waals surface area contributed by atoms with Crippen LogP contribution in [0.3, 0.4) is 0 Å². The van der Waals surface area contributed by atoms with Crippen LogP contribution in [-0.4, -0.2) is 26.7 Å². The summed E-state index contributed by atoms with van der Waals surface area (Å²) in [5.41, 5.74) is 3.24. The number of benzene rings is 1. The van der Waals surface area contributed by atoms with E-state index in [4.69, 9.17) is 0 Å². The summed E-state index contributed by atoms with van der Waals surface area (Å²) in [7, 11) is 0. The van der Waals surface area contributed by atoms with E-state index in [1.807, 2.05) is 0 Å². The molecule has 3 rings (SSSR count). The van der Waals surface area contributed by atoms with E-state index in [-0.39, 0.29) is 11.0 Å². The Hall–Kier alpha value is -3.23. The third kappa shape index (κ3) is 3.82. The highest BCUT2D eigenvalue weighted by atomic mass is 19.4. The molecule has 0 aliphatic heterocycles. The quantitative estimate of drug-likeness (QED) is 0.582. The summed E-state index contributed by atoms with van der Waals surface area (Å²) in [5.74, 6) is -1.83. The summed E-state index contributed by atoms with van der Waals surface area (Å²) >= 11 is 0. The van der Waals surface area contributed by atoms with Gasteiger partial charge >= 0.3 is 6.18 Å². The van der Waals surface area contributed by atoms with Crippen molar-refractivity contribution in [1.29, 1.82) is 0 Å². The Kier molecular flexibility index (Phi) is 4.46. The number of hydrazone groups is 1. The molecule has 9 heteroatoms. The average molecular weight is 347 g/mol. The number of rotatable bonds is 4. The van der Waals surface area contributed by atoms with Crippen molar-refractivity contribution >= 4 is 23.2 Å². The number of amides is 1. The standard InChI is InChI=1S/C16H12F3N5O/c17-16(18,19)15-22-12-5-1-2-6-13(12)24(15)10-14(25)23-21-9-11-4-3-7-20-8-11/h1-9H,10H2,(H,23,25)/b21-9+. The number of alkyl halides is 3. The Morgan fingerprint density at radius 3 is 2.76 bits per heavy atom. The lowest BCUT2D eigenvalue weighted by Crippen LogP contribution is -2.26. The van der Waals surface area contributed by atoms with Crippen LogP contribution in [-0.2, 0) is 17.5 Å². The number of nitrogens with one attached hydrogen (secondary N) is 1. The molecule has 1 amide bonds. The minimum atomic E-state index is -4.67. The van der Waals surface area contributed by atoms with Crippen LogP contribution in [0.15, 0.2) is 53.9 Å². The van der Waals surface area contributed by atoms with E-state index < -0.39 is 24.5 Å². The molecular formula is C16H12F3N5O. The molecule has 6 nitrogen and oxygen atoms in total. The van der Waals surface area contributed by atoms with Crippen molar-refractivity contribution in [1.82, 2.24) is 20.0 Å². The van der Waals surface area contributed by atoms with Gasteiger partial charge in [0.05, 0.1) is 17.2 Å². The molecule has 0 aliphatic rings. The zero-order chi connectivity index (χ0) is 17.9. The fraction of sp³-hybridized carbons (Fsp3) is 0.125. The molecule has 2 heterocycles. The molecule has 0 saturated carbocycles. The van der Waals surface area contributed by atoms with Crippen LogP contribution < -0.4 is 5.43 Å². The van der Waals surface area contributed by atoms with Gasteiger partial charge in [-0.25, -0.2) is 10.4 Å². The Morgan fingerprint density at radius 1 is 1.24 bits per heavy atom. The topological polar surface area (TPSA) is 72.2 Å². The Bertz CT molecular complexity index is 918. The number of carbonyl (C=O) groups is 1. The number of hydrogen-bond acceptors (Lipinski definition) is 4. The summed E-state index contributed by atoms with van der Waals surface area (Å²) < 4.78 is 40.3. The Labute approximate surface area is 140 Å². The molecule has 0 radical (unpaired) electrons. The number of pyridine rings is 1. The summed E-state index contributed by atoms with van der Waals surface area (Å²) in [6.45, 7) is -0.556. The van der Waals surface area contributed by atoms with Crippen molar-refractivity contribution in [2.75, 3.05) is 0 Å². The number of para-hydroxylation sites is 2. The number of nitrogens with zero attached hydrogens (tertiary/aromatic N) is 4. The van der Waals surface area contributed by atoms with E-state index in [1.165, 1.54) is 24.5 Å². The second kappa shape index (κ2) is 6.71. The zero-order valence-electron chi connectivity index (χ0n) is 12.7. The SMILES string of the molecule is O=C(Cn1c(C(F)(F)F)nc2ccccc21)N/N=C/c1cccnc1. The van der Waals surface area contributed by atoms with E-state index in [0.717, 1.165) is 4.57 Å². The van der Waals surface area contributed by atoms with Gasteiger partial charge in [-0.1, -0.05) is 18.2 Å². The third-order valence-corrected chi connectivity index (χ3v) is 3.30. The molecular weight excluding hydrogens is 335 g/mol. The van der Waals surface area contributed by atoms with Gasteiger partial charge in [0.25, 0.3) is 5.91 Å². The molecule has 0 fully saturated rings. The van der Waals surface area contributed by atoms with Crippen LogP contribution in [0.1, 0.15) is 11.4 Å². The summed E-state index contributed by atoms with van der Waals surface area (Å²) in [6.07, 6.45) is -0.209. The first-order chi connectivity index (χ1) is 11.9. The lowest BCUT2D eigenvalue weighted by atomic mass is 10.3. The first kappa shape index (κ1) is 16.6. The number of aromatic nitrogens is 3. The van der Waals surface area contributed by atoms with Crippen LogP contribution >= 0.6 is 0 Å². The number of hydrogen-bond donors (Lipinski definition) is 1. The normalized spacial score (nSPS) is 12.0. The van der Waals surface area contributed by atoms with Crippen molar-refractivity contribution < 1.29 is 18.0 Å². The minimum absolute atomic E-state index is 0.168. The maximum Gasteiger partial charge on any atom is 0.449 e. The number of carbonyl (C=O) groups excluding carboxylic acids is 1. The van der Waals surface area contributed by atoms with Gasteiger partial charge in [-0.05, 0) is 18.2 Å². The molecule has 2 aromatic heterocycles. The number of imidazole rings is 1. The summed E-state index contributed by atoms with van der Waals surface area (Å²) in [6, 6.07) is 9.50. The number of halogens is 3. The maximum absolute atomic E-state index is 13.2. The van der Waals surface area contributed by atoms with Crippen molar-refractivity contribution in [2.24, 2.45) is 5.10 Å². The van der Waals surface area contributed by atoms with Crippen LogP contribution in [0, 0.1) is 0 Å². The van der Waals surface area contributed by atoms with E-state index in [9.17, 15) is 18.0 Å². The van der Waals surface area contributed by atoms with Gasteiger partial charge in [-0.15, -0.1) is 0 Å². The van der Waals surface area contributed by atoms with Gasteiger partial charge in [0.15, 0.2) is 0 Å². The maximum atomic E-state index is 13.2. The smallest absolute Gasteiger partial charge is 0.311 e. The van der Waals surface area contributed by atoms with Crippen LogP contribution in [0.25, 0.3) is 11.0 Å². The fourth-order valence-electron chi connectivity index (χ4n) is 2.26. The van der Waals surface area contributed by atoms with E-state index >= 15 is 0 Å². The Morgan fingerprint density at radius 2 is 2.04 bits per heavy atom.